The molecule has 8 aromatic rings. The number of rotatable bonds is 2. The van der Waals surface area contributed by atoms with Crippen LogP contribution in [0.25, 0.3) is 83.0 Å². The van der Waals surface area contributed by atoms with Gasteiger partial charge < -0.3 is 0 Å². The second-order valence-corrected chi connectivity index (χ2v) is 15.8. The van der Waals surface area contributed by atoms with E-state index >= 15 is 0 Å². The maximum absolute atomic E-state index is 5.57. The van der Waals surface area contributed by atoms with Gasteiger partial charge in [-0.1, -0.05) is 145 Å². The SMILES string of the molecule is CC(C)(C)c1nc2c(nc1-c1cccc(-c3nc4c5ccccc5c5ccccc5c4nc3C(C)(C)C)c1)c1c(c3ccccc32)C=CCC1. The molecule has 0 fully saturated rings. The number of hydrogen-bond acceptors (Lipinski definition) is 4. The van der Waals surface area contributed by atoms with Crippen molar-refractivity contribution < 1.29 is 0 Å². The highest BCUT2D eigenvalue weighted by Crippen LogP contribution is 2.42. The molecule has 2 aromatic heterocycles. The number of fused-ring (bicyclic) bond motifs is 12. The third kappa shape index (κ3) is 4.73. The van der Waals surface area contributed by atoms with Gasteiger partial charge >= 0.3 is 0 Å². The molecule has 0 unspecified atom stereocenters. The van der Waals surface area contributed by atoms with Crippen molar-refractivity contribution in [2.45, 2.75) is 65.2 Å². The predicted molar refractivity (Wildman–Crippen MR) is 211 cm³/mol. The van der Waals surface area contributed by atoms with E-state index in [4.69, 9.17) is 19.9 Å². The van der Waals surface area contributed by atoms with Crippen LogP contribution in [0.5, 0.6) is 0 Å². The fourth-order valence-corrected chi connectivity index (χ4v) is 7.84. The van der Waals surface area contributed by atoms with E-state index in [2.05, 4.69) is 151 Å². The molecular weight excluding hydrogens is 609 g/mol. The summed E-state index contributed by atoms with van der Waals surface area (Å²) in [5, 5.41) is 7.06. The fraction of sp³-hybridized carbons (Fsp3) is 0.217. The molecule has 0 saturated carbocycles. The Hall–Kier alpha value is -5.48. The van der Waals surface area contributed by atoms with Gasteiger partial charge in [-0.05, 0) is 46.2 Å². The maximum atomic E-state index is 5.57. The molecule has 4 heteroatoms. The zero-order valence-electron chi connectivity index (χ0n) is 29.6. The van der Waals surface area contributed by atoms with Crippen molar-refractivity contribution in [1.29, 1.82) is 0 Å². The van der Waals surface area contributed by atoms with Crippen molar-refractivity contribution in [2.24, 2.45) is 0 Å². The van der Waals surface area contributed by atoms with Crippen LogP contribution in [0.15, 0.2) is 103 Å². The number of benzene rings is 6. The first-order valence-corrected chi connectivity index (χ1v) is 17.7. The minimum Gasteiger partial charge on any atom is -0.248 e. The fourth-order valence-electron chi connectivity index (χ4n) is 7.84. The second-order valence-electron chi connectivity index (χ2n) is 15.8. The molecule has 0 saturated heterocycles. The summed E-state index contributed by atoms with van der Waals surface area (Å²) in [6.07, 6.45) is 6.53. The van der Waals surface area contributed by atoms with Crippen LogP contribution in [0.2, 0.25) is 0 Å². The zero-order chi connectivity index (χ0) is 34.4. The summed E-state index contributed by atoms with van der Waals surface area (Å²) in [6.45, 7) is 13.4. The van der Waals surface area contributed by atoms with Gasteiger partial charge in [-0.15, -0.1) is 0 Å². The van der Waals surface area contributed by atoms with E-state index in [1.54, 1.807) is 0 Å². The zero-order valence-corrected chi connectivity index (χ0v) is 29.6. The van der Waals surface area contributed by atoms with Gasteiger partial charge in [0, 0.05) is 38.1 Å². The molecule has 50 heavy (non-hydrogen) atoms. The molecule has 1 aliphatic carbocycles. The quantitative estimate of drug-likeness (QED) is 0.175. The lowest BCUT2D eigenvalue weighted by Gasteiger charge is -2.25. The topological polar surface area (TPSA) is 51.6 Å². The van der Waals surface area contributed by atoms with Crippen LogP contribution in [0.1, 0.15) is 70.5 Å². The van der Waals surface area contributed by atoms with Crippen LogP contribution < -0.4 is 0 Å². The van der Waals surface area contributed by atoms with Crippen LogP contribution in [-0.2, 0) is 17.3 Å². The number of allylic oxidation sites excluding steroid dienone is 1. The Labute approximate surface area is 293 Å². The average molecular weight is 649 g/mol. The first-order valence-electron chi connectivity index (χ1n) is 17.7. The largest absolute Gasteiger partial charge is 0.248 e. The van der Waals surface area contributed by atoms with Crippen molar-refractivity contribution in [3.05, 3.63) is 126 Å². The van der Waals surface area contributed by atoms with Crippen LogP contribution in [0, 0.1) is 0 Å². The monoisotopic (exact) mass is 648 g/mol. The highest BCUT2D eigenvalue weighted by molar-refractivity contribution is 6.23. The average Bonchev–Trinajstić information content (AvgIpc) is 3.13. The molecule has 0 atom stereocenters. The molecule has 0 aliphatic heterocycles. The van der Waals surface area contributed by atoms with Crippen LogP contribution in [0.4, 0.5) is 0 Å². The third-order valence-corrected chi connectivity index (χ3v) is 10.2. The number of hydrogen-bond donors (Lipinski definition) is 0. The summed E-state index contributed by atoms with van der Waals surface area (Å²) < 4.78 is 0. The van der Waals surface area contributed by atoms with Gasteiger partial charge in [-0.2, -0.15) is 0 Å². The molecule has 0 spiro atoms. The van der Waals surface area contributed by atoms with Crippen LogP contribution in [-0.4, -0.2) is 19.9 Å². The molecule has 9 rings (SSSR count). The van der Waals surface area contributed by atoms with Crippen LogP contribution >= 0.6 is 0 Å². The Morgan fingerprint density at radius 1 is 0.460 bits per heavy atom. The molecule has 1 aliphatic rings. The van der Waals surface area contributed by atoms with E-state index in [1.807, 2.05) is 0 Å². The lowest BCUT2D eigenvalue weighted by Crippen LogP contribution is -2.17. The van der Waals surface area contributed by atoms with E-state index in [0.29, 0.717) is 0 Å². The summed E-state index contributed by atoms with van der Waals surface area (Å²) in [4.78, 5) is 22.1. The minimum absolute atomic E-state index is 0.233. The van der Waals surface area contributed by atoms with Gasteiger partial charge in [0.2, 0.25) is 0 Å². The van der Waals surface area contributed by atoms with Crippen molar-refractivity contribution >= 4 is 60.5 Å². The summed E-state index contributed by atoms with van der Waals surface area (Å²) in [5.41, 5.74) is 11.9. The molecule has 4 nitrogen and oxygen atoms in total. The van der Waals surface area contributed by atoms with Gasteiger partial charge in [0.1, 0.15) is 0 Å². The van der Waals surface area contributed by atoms with Crippen molar-refractivity contribution in [1.82, 2.24) is 19.9 Å². The Kier molecular flexibility index (Phi) is 6.73. The normalized spacial score (nSPS) is 13.6. The molecule has 0 amide bonds. The summed E-state index contributed by atoms with van der Waals surface area (Å²) in [7, 11) is 0. The highest BCUT2D eigenvalue weighted by atomic mass is 14.9. The van der Waals surface area contributed by atoms with Gasteiger partial charge in [-0.3, -0.25) is 0 Å². The Morgan fingerprint density at radius 2 is 0.900 bits per heavy atom. The minimum atomic E-state index is -0.244. The lowest BCUT2D eigenvalue weighted by molar-refractivity contribution is 0.571. The van der Waals surface area contributed by atoms with Gasteiger partial charge in [0.25, 0.3) is 0 Å². The summed E-state index contributed by atoms with van der Waals surface area (Å²) in [5.74, 6) is 0. The Bertz CT molecular complexity index is 2720. The van der Waals surface area contributed by atoms with Gasteiger partial charge in [0.05, 0.1) is 44.8 Å². The van der Waals surface area contributed by atoms with E-state index < -0.39 is 0 Å². The van der Waals surface area contributed by atoms with Crippen molar-refractivity contribution in [3.8, 4) is 22.5 Å². The van der Waals surface area contributed by atoms with Crippen LogP contribution in [0.3, 0.4) is 0 Å². The maximum Gasteiger partial charge on any atom is 0.0979 e. The molecule has 6 aromatic carbocycles. The molecule has 244 valence electrons. The number of nitrogens with zero attached hydrogens (tertiary/aromatic N) is 4. The predicted octanol–water partition coefficient (Wildman–Crippen LogP) is 11.9. The van der Waals surface area contributed by atoms with E-state index in [1.165, 1.54) is 27.3 Å². The van der Waals surface area contributed by atoms with Gasteiger partial charge in [0.15, 0.2) is 0 Å². The Balaban J connectivity index is 1.33. The molecule has 0 N–H and O–H groups in total. The lowest BCUT2D eigenvalue weighted by atomic mass is 9.85. The second kappa shape index (κ2) is 11.0. The molecule has 0 bridgehead atoms. The number of aryl methyl sites for hydroxylation is 1. The van der Waals surface area contributed by atoms with E-state index in [9.17, 15) is 0 Å². The third-order valence-electron chi connectivity index (χ3n) is 10.2. The first kappa shape index (κ1) is 30.6. The van der Waals surface area contributed by atoms with E-state index in [-0.39, 0.29) is 10.8 Å². The molecule has 2 heterocycles. The molecular formula is C46H40N4. The highest BCUT2D eigenvalue weighted by Gasteiger charge is 2.28. The summed E-state index contributed by atoms with van der Waals surface area (Å²) in [6, 6.07) is 34.5. The van der Waals surface area contributed by atoms with Crippen molar-refractivity contribution in [2.75, 3.05) is 0 Å². The van der Waals surface area contributed by atoms with Gasteiger partial charge in [-0.25, -0.2) is 19.9 Å². The van der Waals surface area contributed by atoms with E-state index in [0.717, 1.165) is 85.0 Å². The molecule has 0 radical (unpaired) electrons. The van der Waals surface area contributed by atoms with Crippen molar-refractivity contribution in [3.63, 3.8) is 0 Å². The smallest absolute Gasteiger partial charge is 0.0979 e. The summed E-state index contributed by atoms with van der Waals surface area (Å²) >= 11 is 0. The number of aromatic nitrogens is 4. The first-order chi connectivity index (χ1) is 24.1. The Morgan fingerprint density at radius 3 is 1.44 bits per heavy atom. The standard InChI is InChI=1S/C46H40N4/c1-45(2,3)43-37(47-39-33-22-11-7-18-29(33)31-20-9-13-24-35(31)41(39)49-43)27-16-15-17-28(26-27)38-44(46(4,5)6)50-42-36-25-14-10-21-32(36)30-19-8-12-23-34(30)40(42)48-38/h7-11,13-22,24-26H,12,23H2,1-6H3.